The van der Waals surface area contributed by atoms with Gasteiger partial charge in [0.25, 0.3) is 0 Å². The van der Waals surface area contributed by atoms with Gasteiger partial charge in [0.1, 0.15) is 0 Å². The summed E-state index contributed by atoms with van der Waals surface area (Å²) in [5.41, 5.74) is 2.30. The van der Waals surface area contributed by atoms with Crippen LogP contribution in [0, 0.1) is 0 Å². The van der Waals surface area contributed by atoms with Gasteiger partial charge in [-0.1, -0.05) is 0 Å². The van der Waals surface area contributed by atoms with Gasteiger partial charge in [-0.25, -0.2) is 0 Å². The fourth-order valence-electron chi connectivity index (χ4n) is 1.37. The summed E-state index contributed by atoms with van der Waals surface area (Å²) >= 11 is -0.368. The van der Waals surface area contributed by atoms with Crippen molar-refractivity contribution < 1.29 is 0 Å². The Labute approximate surface area is 101 Å². The van der Waals surface area contributed by atoms with Crippen molar-refractivity contribution in [3.8, 4) is 0 Å². The van der Waals surface area contributed by atoms with Gasteiger partial charge in [0, 0.05) is 0 Å². The molecule has 0 bridgehead atoms. The minimum atomic E-state index is -0.368. The summed E-state index contributed by atoms with van der Waals surface area (Å²) in [7, 11) is 6.06. The van der Waals surface area contributed by atoms with Crippen molar-refractivity contribution in [1.29, 1.82) is 0 Å². The van der Waals surface area contributed by atoms with Gasteiger partial charge >= 0.3 is 101 Å². The van der Waals surface area contributed by atoms with Crippen LogP contribution in [0.25, 0.3) is 0 Å². The van der Waals surface area contributed by atoms with Crippen LogP contribution in [0.15, 0.2) is 60.7 Å². The predicted molar refractivity (Wildman–Crippen MR) is 66.6 cm³/mol. The second-order valence-corrected chi connectivity index (χ2v) is 5.00. The molecule has 0 aliphatic carbocycles. The van der Waals surface area contributed by atoms with Crippen molar-refractivity contribution in [2.45, 2.75) is 0 Å². The summed E-state index contributed by atoms with van der Waals surface area (Å²) in [6.45, 7) is 0. The van der Waals surface area contributed by atoms with Crippen LogP contribution in [0.4, 0.5) is 11.4 Å². The van der Waals surface area contributed by atoms with E-state index in [2.05, 4.69) is 28.1 Å². The van der Waals surface area contributed by atoms with E-state index >= 15 is 0 Å². The number of anilines is 2. The molecule has 0 fully saturated rings. The molecule has 75 valence electrons. The quantitative estimate of drug-likeness (QED) is 0.776. The summed E-state index contributed by atoms with van der Waals surface area (Å²) in [5, 5.41) is 0. The molecule has 0 amide bonds. The minimum absolute atomic E-state index is 0.368. The van der Waals surface area contributed by atoms with Crippen LogP contribution in [0.5, 0.6) is 0 Å². The van der Waals surface area contributed by atoms with E-state index in [4.69, 9.17) is 9.95 Å². The fraction of sp³-hybridized carbons (Fsp3) is 0. The van der Waals surface area contributed by atoms with Crippen LogP contribution < -0.4 is 3.82 Å². The van der Waals surface area contributed by atoms with Crippen LogP contribution in [-0.2, 0) is 0 Å². The number of halogens is 1. The molecular formula is C12H10AsClN. The average Bonchev–Trinajstić information content (AvgIpc) is 2.33. The van der Waals surface area contributed by atoms with Crippen molar-refractivity contribution in [1.82, 2.24) is 0 Å². The van der Waals surface area contributed by atoms with Gasteiger partial charge in [-0.15, -0.1) is 0 Å². The molecule has 1 nitrogen and oxygen atoms in total. The maximum absolute atomic E-state index is 6.06. The molecule has 0 aromatic heterocycles. The van der Waals surface area contributed by atoms with Gasteiger partial charge in [0.05, 0.1) is 0 Å². The van der Waals surface area contributed by atoms with Crippen molar-refractivity contribution in [3.05, 3.63) is 60.7 Å². The number of hydrogen-bond donors (Lipinski definition) is 0. The van der Waals surface area contributed by atoms with E-state index < -0.39 is 0 Å². The molecule has 0 saturated heterocycles. The van der Waals surface area contributed by atoms with Crippen LogP contribution in [0.1, 0.15) is 0 Å². The first kappa shape index (κ1) is 10.6. The molecule has 0 atom stereocenters. The predicted octanol–water partition coefficient (Wildman–Crippen LogP) is 3.60. The number of hydrogen-bond acceptors (Lipinski definition) is 1. The molecule has 0 N–H and O–H groups in total. The first-order chi connectivity index (χ1) is 7.42. The third-order valence-electron chi connectivity index (χ3n) is 2.08. The SMILES string of the molecule is Cl[As]N(c1ccccc1)c1ccccc1. The Kier molecular flexibility index (Phi) is 3.71. The van der Waals surface area contributed by atoms with Crippen LogP contribution in [-0.4, -0.2) is 15.0 Å². The zero-order valence-corrected chi connectivity index (χ0v) is 10.7. The van der Waals surface area contributed by atoms with Gasteiger partial charge in [-0.05, 0) is 0 Å². The van der Waals surface area contributed by atoms with Crippen molar-refractivity contribution in [3.63, 3.8) is 0 Å². The van der Waals surface area contributed by atoms with Crippen molar-refractivity contribution in [2.75, 3.05) is 3.82 Å². The van der Waals surface area contributed by atoms with Crippen LogP contribution in [0.2, 0.25) is 0 Å². The van der Waals surface area contributed by atoms with Gasteiger partial charge in [-0.2, -0.15) is 0 Å². The van der Waals surface area contributed by atoms with E-state index in [0.29, 0.717) is 0 Å². The summed E-state index contributed by atoms with van der Waals surface area (Å²) in [6, 6.07) is 20.4. The number of para-hydroxylation sites is 2. The standard InChI is InChI=1S/C12H10AsClN/c14-13-15(11-7-3-1-4-8-11)12-9-5-2-6-10-12/h1-10H. The molecule has 1 radical (unpaired) electrons. The number of benzene rings is 2. The molecule has 2 aromatic carbocycles. The molecule has 3 heteroatoms. The molecule has 15 heavy (non-hydrogen) atoms. The normalized spacial score (nSPS) is 10.7. The maximum atomic E-state index is 6.06. The molecule has 0 aliphatic rings. The van der Waals surface area contributed by atoms with Crippen molar-refractivity contribution >= 4 is 36.4 Å². The second-order valence-electron chi connectivity index (χ2n) is 3.06. The third-order valence-corrected chi connectivity index (χ3v) is 4.15. The molecule has 0 heterocycles. The van der Waals surface area contributed by atoms with Gasteiger partial charge in [0.2, 0.25) is 0 Å². The molecule has 0 aliphatic heterocycles. The molecule has 2 aromatic rings. The van der Waals surface area contributed by atoms with Crippen LogP contribution >= 0.6 is 9.95 Å². The van der Waals surface area contributed by atoms with E-state index in [0.717, 1.165) is 11.4 Å². The first-order valence-corrected chi connectivity index (χ1v) is 7.94. The Balaban J connectivity index is 2.34. The second kappa shape index (κ2) is 5.25. The number of rotatable bonds is 3. The molecule has 0 unspecified atom stereocenters. The van der Waals surface area contributed by atoms with Crippen molar-refractivity contribution in [2.24, 2.45) is 0 Å². The van der Waals surface area contributed by atoms with E-state index in [-0.39, 0.29) is 15.0 Å². The van der Waals surface area contributed by atoms with E-state index in [1.807, 2.05) is 36.4 Å². The Hall–Kier alpha value is -0.912. The summed E-state index contributed by atoms with van der Waals surface area (Å²) in [6.07, 6.45) is 0. The van der Waals surface area contributed by atoms with Gasteiger partial charge in [0.15, 0.2) is 0 Å². The summed E-state index contributed by atoms with van der Waals surface area (Å²) < 4.78 is 2.15. The molecule has 2 rings (SSSR count). The Morgan fingerprint density at radius 3 is 1.47 bits per heavy atom. The first-order valence-electron chi connectivity index (χ1n) is 4.64. The average molecular weight is 279 g/mol. The van der Waals surface area contributed by atoms with E-state index in [1.54, 1.807) is 0 Å². The summed E-state index contributed by atoms with van der Waals surface area (Å²) in [5.74, 6) is 0. The van der Waals surface area contributed by atoms with Gasteiger partial charge < -0.3 is 0 Å². The zero-order chi connectivity index (χ0) is 10.5. The summed E-state index contributed by atoms with van der Waals surface area (Å²) in [4.78, 5) is 0. The number of nitrogens with zero attached hydrogens (tertiary/aromatic N) is 1. The Bertz CT molecular complexity index is 365. The van der Waals surface area contributed by atoms with Gasteiger partial charge in [-0.3, -0.25) is 0 Å². The van der Waals surface area contributed by atoms with Crippen LogP contribution in [0.3, 0.4) is 0 Å². The molecule has 0 saturated carbocycles. The third kappa shape index (κ3) is 2.56. The molecular weight excluding hydrogens is 269 g/mol. The Morgan fingerprint density at radius 2 is 1.13 bits per heavy atom. The fourth-order valence-corrected chi connectivity index (χ4v) is 3.21. The zero-order valence-electron chi connectivity index (χ0n) is 8.05. The topological polar surface area (TPSA) is 3.24 Å². The van der Waals surface area contributed by atoms with E-state index in [1.165, 1.54) is 0 Å². The Morgan fingerprint density at radius 1 is 0.733 bits per heavy atom. The molecule has 0 spiro atoms. The monoisotopic (exact) mass is 278 g/mol. The van der Waals surface area contributed by atoms with E-state index in [9.17, 15) is 0 Å².